The van der Waals surface area contributed by atoms with E-state index in [9.17, 15) is 0 Å². The Morgan fingerprint density at radius 3 is 2.80 bits per heavy atom. The molecule has 1 fully saturated rings. The zero-order valence-corrected chi connectivity index (χ0v) is 14.6. The Bertz CT molecular complexity index is 433. The number of rotatable bonds is 6. The molecule has 0 saturated carbocycles. The molecule has 1 aromatic rings. The molecule has 0 radical (unpaired) electrons. The SMILES string of the molecule is CSC(C)(C)CNCc1sc(N2CCOCC2)nc1Cl. The van der Waals surface area contributed by atoms with Gasteiger partial charge in [-0.25, -0.2) is 4.98 Å². The predicted molar refractivity (Wildman–Crippen MR) is 89.5 cm³/mol. The quantitative estimate of drug-likeness (QED) is 0.865. The van der Waals surface area contributed by atoms with Gasteiger partial charge in [-0.2, -0.15) is 11.8 Å². The maximum Gasteiger partial charge on any atom is 0.187 e. The van der Waals surface area contributed by atoms with Gasteiger partial charge in [-0.15, -0.1) is 0 Å². The maximum atomic E-state index is 6.24. The van der Waals surface area contributed by atoms with Crippen LogP contribution in [0.15, 0.2) is 0 Å². The molecular weight excluding hydrogens is 314 g/mol. The van der Waals surface area contributed by atoms with E-state index in [1.54, 1.807) is 11.3 Å². The number of thiazole rings is 1. The number of aromatic nitrogens is 1. The van der Waals surface area contributed by atoms with Gasteiger partial charge in [-0.1, -0.05) is 22.9 Å². The molecule has 2 heterocycles. The number of hydrogen-bond acceptors (Lipinski definition) is 6. The van der Waals surface area contributed by atoms with Crippen LogP contribution in [0, 0.1) is 0 Å². The Kier molecular flexibility index (Phi) is 5.98. The molecule has 20 heavy (non-hydrogen) atoms. The van der Waals surface area contributed by atoms with E-state index in [2.05, 4.69) is 35.3 Å². The maximum absolute atomic E-state index is 6.24. The lowest BCUT2D eigenvalue weighted by atomic mass is 10.2. The third-order valence-corrected chi connectivity index (χ3v) is 6.10. The summed E-state index contributed by atoms with van der Waals surface area (Å²) in [7, 11) is 0. The molecule has 1 saturated heterocycles. The molecule has 4 nitrogen and oxygen atoms in total. The average molecular weight is 336 g/mol. The van der Waals surface area contributed by atoms with Crippen LogP contribution in [-0.4, -0.2) is 48.8 Å². The van der Waals surface area contributed by atoms with Crippen molar-refractivity contribution < 1.29 is 4.74 Å². The number of anilines is 1. The molecule has 1 aromatic heterocycles. The first-order valence-electron chi connectivity index (χ1n) is 6.75. The topological polar surface area (TPSA) is 37.4 Å². The lowest BCUT2D eigenvalue weighted by Crippen LogP contribution is -2.36. The Morgan fingerprint density at radius 1 is 1.45 bits per heavy atom. The predicted octanol–water partition coefficient (Wildman–Crippen LogP) is 2.86. The zero-order chi connectivity index (χ0) is 14.6. The monoisotopic (exact) mass is 335 g/mol. The summed E-state index contributed by atoms with van der Waals surface area (Å²) in [5, 5.41) is 5.12. The van der Waals surface area contributed by atoms with E-state index in [1.807, 2.05) is 11.8 Å². The molecule has 0 atom stereocenters. The number of morpholine rings is 1. The fourth-order valence-corrected chi connectivity index (χ4v) is 3.40. The number of nitrogens with zero attached hydrogens (tertiary/aromatic N) is 2. The summed E-state index contributed by atoms with van der Waals surface area (Å²) >= 11 is 9.79. The van der Waals surface area contributed by atoms with Crippen molar-refractivity contribution in [3.8, 4) is 0 Å². The number of halogens is 1. The van der Waals surface area contributed by atoms with Gasteiger partial charge < -0.3 is 15.0 Å². The van der Waals surface area contributed by atoms with Crippen molar-refractivity contribution in [1.29, 1.82) is 0 Å². The fraction of sp³-hybridized carbons (Fsp3) is 0.769. The van der Waals surface area contributed by atoms with Crippen molar-refractivity contribution >= 4 is 39.8 Å². The van der Waals surface area contributed by atoms with E-state index in [0.717, 1.165) is 49.4 Å². The molecule has 1 aliphatic rings. The molecule has 2 rings (SSSR count). The molecule has 0 aromatic carbocycles. The molecule has 1 aliphatic heterocycles. The fourth-order valence-electron chi connectivity index (χ4n) is 1.87. The Hall–Kier alpha value is -0.0100. The van der Waals surface area contributed by atoms with Gasteiger partial charge >= 0.3 is 0 Å². The second-order valence-corrected chi connectivity index (χ2v) is 8.31. The summed E-state index contributed by atoms with van der Waals surface area (Å²) in [6, 6.07) is 0. The lowest BCUT2D eigenvalue weighted by Gasteiger charge is -2.26. The van der Waals surface area contributed by atoms with Crippen molar-refractivity contribution in [3.05, 3.63) is 10.0 Å². The third kappa shape index (κ3) is 4.49. The van der Waals surface area contributed by atoms with Crippen LogP contribution in [0.25, 0.3) is 0 Å². The minimum Gasteiger partial charge on any atom is -0.378 e. The van der Waals surface area contributed by atoms with Crippen LogP contribution >= 0.6 is 34.7 Å². The molecule has 1 N–H and O–H groups in total. The summed E-state index contributed by atoms with van der Waals surface area (Å²) in [4.78, 5) is 7.84. The van der Waals surface area contributed by atoms with Gasteiger partial charge in [-0.05, 0) is 20.1 Å². The Balaban J connectivity index is 1.90. The number of hydrogen-bond donors (Lipinski definition) is 1. The van der Waals surface area contributed by atoms with E-state index < -0.39 is 0 Å². The molecule has 7 heteroatoms. The highest BCUT2D eigenvalue weighted by atomic mass is 35.5. The van der Waals surface area contributed by atoms with Gasteiger partial charge in [0.2, 0.25) is 0 Å². The number of nitrogens with one attached hydrogen (secondary N) is 1. The van der Waals surface area contributed by atoms with Crippen molar-refractivity contribution in [2.75, 3.05) is 44.0 Å². The van der Waals surface area contributed by atoms with Crippen molar-refractivity contribution in [2.24, 2.45) is 0 Å². The van der Waals surface area contributed by atoms with Crippen LogP contribution in [0.5, 0.6) is 0 Å². The van der Waals surface area contributed by atoms with Gasteiger partial charge in [0.1, 0.15) is 5.15 Å². The molecule has 0 unspecified atom stereocenters. The normalized spacial score (nSPS) is 16.7. The molecule has 114 valence electrons. The lowest BCUT2D eigenvalue weighted by molar-refractivity contribution is 0.122. The van der Waals surface area contributed by atoms with E-state index in [1.165, 1.54) is 0 Å². The summed E-state index contributed by atoms with van der Waals surface area (Å²) in [5.41, 5.74) is 0. The second kappa shape index (κ2) is 7.31. The van der Waals surface area contributed by atoms with Gasteiger partial charge in [0, 0.05) is 30.9 Å². The first-order chi connectivity index (χ1) is 9.52. The van der Waals surface area contributed by atoms with Crippen LogP contribution in [-0.2, 0) is 11.3 Å². The van der Waals surface area contributed by atoms with Gasteiger partial charge in [0.25, 0.3) is 0 Å². The zero-order valence-electron chi connectivity index (χ0n) is 12.2. The number of ether oxygens (including phenoxy) is 1. The van der Waals surface area contributed by atoms with E-state index in [-0.39, 0.29) is 4.75 Å². The minimum absolute atomic E-state index is 0.240. The van der Waals surface area contributed by atoms with Crippen LogP contribution < -0.4 is 10.2 Å². The van der Waals surface area contributed by atoms with E-state index >= 15 is 0 Å². The van der Waals surface area contributed by atoms with Crippen LogP contribution in [0.2, 0.25) is 5.15 Å². The highest BCUT2D eigenvalue weighted by molar-refractivity contribution is 7.99. The first-order valence-corrected chi connectivity index (χ1v) is 9.17. The van der Waals surface area contributed by atoms with E-state index in [0.29, 0.717) is 5.15 Å². The molecule has 0 spiro atoms. The standard InChI is InChI=1S/C13H22ClN3OS2/c1-13(2,19-3)9-15-8-10-11(14)16-12(20-10)17-4-6-18-7-5-17/h15H,4-9H2,1-3H3. The van der Waals surface area contributed by atoms with Crippen LogP contribution in [0.1, 0.15) is 18.7 Å². The summed E-state index contributed by atoms with van der Waals surface area (Å²) < 4.78 is 5.60. The van der Waals surface area contributed by atoms with E-state index in [4.69, 9.17) is 16.3 Å². The van der Waals surface area contributed by atoms with Crippen LogP contribution in [0.4, 0.5) is 5.13 Å². The highest BCUT2D eigenvalue weighted by Gasteiger charge is 2.19. The van der Waals surface area contributed by atoms with Gasteiger partial charge in [0.15, 0.2) is 5.13 Å². The van der Waals surface area contributed by atoms with Crippen molar-refractivity contribution in [3.63, 3.8) is 0 Å². The summed E-state index contributed by atoms with van der Waals surface area (Å²) in [5.74, 6) is 0. The van der Waals surface area contributed by atoms with Gasteiger partial charge in [-0.3, -0.25) is 0 Å². The molecule has 0 aliphatic carbocycles. The number of thioether (sulfide) groups is 1. The highest BCUT2D eigenvalue weighted by Crippen LogP contribution is 2.30. The van der Waals surface area contributed by atoms with Gasteiger partial charge in [0.05, 0.1) is 18.1 Å². The molecule has 0 amide bonds. The smallest absolute Gasteiger partial charge is 0.187 e. The van der Waals surface area contributed by atoms with Crippen molar-refractivity contribution in [2.45, 2.75) is 25.1 Å². The summed E-state index contributed by atoms with van der Waals surface area (Å²) in [6.07, 6.45) is 2.14. The molecule has 0 bridgehead atoms. The Morgan fingerprint density at radius 2 is 2.15 bits per heavy atom. The van der Waals surface area contributed by atoms with Crippen LogP contribution in [0.3, 0.4) is 0 Å². The summed E-state index contributed by atoms with van der Waals surface area (Å²) in [6.45, 7) is 9.54. The minimum atomic E-state index is 0.240. The van der Waals surface area contributed by atoms with Crippen molar-refractivity contribution in [1.82, 2.24) is 10.3 Å². The second-order valence-electron chi connectivity index (χ2n) is 5.38. The average Bonchev–Trinajstić information content (AvgIpc) is 2.81. The first kappa shape index (κ1) is 16.4. The Labute approximate surface area is 134 Å². The largest absolute Gasteiger partial charge is 0.378 e. The third-order valence-electron chi connectivity index (χ3n) is 3.31. The molecular formula is C13H22ClN3OS2.